The molecule has 0 fully saturated rings. The Kier molecular flexibility index (Phi) is 7.79. The van der Waals surface area contributed by atoms with Gasteiger partial charge in [0.25, 0.3) is 0 Å². The summed E-state index contributed by atoms with van der Waals surface area (Å²) < 4.78 is 53.6. The second-order valence-corrected chi connectivity index (χ2v) is 8.25. The van der Waals surface area contributed by atoms with Crippen molar-refractivity contribution in [2.75, 3.05) is 6.61 Å². The third-order valence-electron chi connectivity index (χ3n) is 5.34. The molecular formula is C27H27F3O3. The molecule has 0 N–H and O–H groups in total. The first-order valence-electron chi connectivity index (χ1n) is 10.8. The van der Waals surface area contributed by atoms with Gasteiger partial charge in [-0.25, -0.2) is 18.0 Å². The number of carbonyl (C=O) groups excluding carboxylic acids is 1. The molecule has 0 aliphatic heterocycles. The summed E-state index contributed by atoms with van der Waals surface area (Å²) in [6.45, 7) is 6.55. The zero-order valence-electron chi connectivity index (χ0n) is 19.2. The van der Waals surface area contributed by atoms with Crippen LogP contribution >= 0.6 is 0 Å². The Morgan fingerprint density at radius 1 is 0.939 bits per heavy atom. The van der Waals surface area contributed by atoms with Crippen LogP contribution in [0, 0.1) is 31.3 Å². The lowest BCUT2D eigenvalue weighted by molar-refractivity contribution is -0.149. The number of hydrogen-bond acceptors (Lipinski definition) is 3. The van der Waals surface area contributed by atoms with E-state index in [4.69, 9.17) is 9.47 Å². The van der Waals surface area contributed by atoms with Crippen LogP contribution in [0.5, 0.6) is 5.75 Å². The summed E-state index contributed by atoms with van der Waals surface area (Å²) in [4.78, 5) is 11.8. The lowest BCUT2D eigenvalue weighted by Crippen LogP contribution is -2.19. The molecule has 0 radical (unpaired) electrons. The number of ether oxygens (including phenoxy) is 2. The molecule has 0 aliphatic rings. The number of benzene rings is 3. The van der Waals surface area contributed by atoms with Crippen molar-refractivity contribution in [2.24, 2.45) is 0 Å². The van der Waals surface area contributed by atoms with Gasteiger partial charge in [0.2, 0.25) is 0 Å². The van der Waals surface area contributed by atoms with E-state index in [1.165, 1.54) is 24.3 Å². The molecule has 0 unspecified atom stereocenters. The van der Waals surface area contributed by atoms with E-state index >= 15 is 0 Å². The third kappa shape index (κ3) is 6.15. The number of rotatable bonds is 8. The van der Waals surface area contributed by atoms with Crippen molar-refractivity contribution in [3.8, 4) is 16.9 Å². The maximum atomic E-state index is 14.8. The van der Waals surface area contributed by atoms with Crippen molar-refractivity contribution in [3.05, 3.63) is 88.2 Å². The fourth-order valence-electron chi connectivity index (χ4n) is 3.72. The predicted octanol–water partition coefficient (Wildman–Crippen LogP) is 6.50. The fraction of sp³-hybridized carbons (Fsp3) is 0.296. The van der Waals surface area contributed by atoms with E-state index < -0.39 is 11.8 Å². The molecule has 0 atom stereocenters. The molecule has 3 aromatic carbocycles. The van der Waals surface area contributed by atoms with Crippen LogP contribution < -0.4 is 4.74 Å². The van der Waals surface area contributed by atoms with E-state index in [0.29, 0.717) is 39.1 Å². The zero-order valence-corrected chi connectivity index (χ0v) is 19.2. The average molecular weight is 457 g/mol. The molecule has 3 rings (SSSR count). The first kappa shape index (κ1) is 24.4. The Balaban J connectivity index is 1.81. The number of aryl methyl sites for hydroxylation is 2. The summed E-state index contributed by atoms with van der Waals surface area (Å²) in [7, 11) is 0. The summed E-state index contributed by atoms with van der Waals surface area (Å²) in [6.07, 6.45) is 0.216. The minimum atomic E-state index is -0.512. The molecule has 3 aromatic rings. The first-order valence-corrected chi connectivity index (χ1v) is 10.8. The lowest BCUT2D eigenvalue weighted by atomic mass is 9.94. The standard InChI is InChI=1S/C27H27F3O3/c1-16(2)33-26(31)15-32-25-11-10-24(29)23(18(25)4)9-8-20-13-21(12-17(3)27(20)30)19-6-5-7-22(28)14-19/h5-7,10-14,16H,8-9,15H2,1-4H3. The monoisotopic (exact) mass is 456 g/mol. The van der Waals surface area contributed by atoms with E-state index in [1.807, 2.05) is 0 Å². The molecule has 0 heterocycles. The van der Waals surface area contributed by atoms with Gasteiger partial charge < -0.3 is 9.47 Å². The molecule has 0 saturated carbocycles. The van der Waals surface area contributed by atoms with Crippen molar-refractivity contribution >= 4 is 5.97 Å². The van der Waals surface area contributed by atoms with Crippen LogP contribution in [0.1, 0.15) is 36.1 Å². The normalized spacial score (nSPS) is 11.0. The van der Waals surface area contributed by atoms with Gasteiger partial charge in [0.15, 0.2) is 6.61 Å². The van der Waals surface area contributed by atoms with Crippen LogP contribution in [-0.2, 0) is 22.4 Å². The van der Waals surface area contributed by atoms with Crippen LogP contribution in [-0.4, -0.2) is 18.7 Å². The van der Waals surface area contributed by atoms with Crippen molar-refractivity contribution in [1.82, 2.24) is 0 Å². The highest BCUT2D eigenvalue weighted by Gasteiger charge is 2.16. The molecule has 0 bridgehead atoms. The van der Waals surface area contributed by atoms with Crippen LogP contribution in [0.2, 0.25) is 0 Å². The maximum Gasteiger partial charge on any atom is 0.344 e. The van der Waals surface area contributed by atoms with Gasteiger partial charge in [-0.2, -0.15) is 0 Å². The topological polar surface area (TPSA) is 35.5 Å². The Morgan fingerprint density at radius 2 is 1.70 bits per heavy atom. The molecular weight excluding hydrogens is 429 g/mol. The van der Waals surface area contributed by atoms with E-state index in [0.717, 1.165) is 0 Å². The van der Waals surface area contributed by atoms with E-state index in [2.05, 4.69) is 0 Å². The number of hydrogen-bond donors (Lipinski definition) is 0. The van der Waals surface area contributed by atoms with Gasteiger partial charge in [0, 0.05) is 0 Å². The SMILES string of the molecule is Cc1cc(-c2cccc(F)c2)cc(CCc2c(F)ccc(OCC(=O)OC(C)C)c2C)c1F. The van der Waals surface area contributed by atoms with Crippen molar-refractivity contribution in [3.63, 3.8) is 0 Å². The largest absolute Gasteiger partial charge is 0.482 e. The molecule has 174 valence electrons. The Morgan fingerprint density at radius 3 is 2.39 bits per heavy atom. The number of carbonyl (C=O) groups is 1. The minimum absolute atomic E-state index is 0.230. The Labute approximate surface area is 192 Å². The highest BCUT2D eigenvalue weighted by molar-refractivity contribution is 5.71. The number of halogens is 3. The molecule has 3 nitrogen and oxygen atoms in total. The van der Waals surface area contributed by atoms with Gasteiger partial charge in [-0.05, 0) is 110 Å². The summed E-state index contributed by atoms with van der Waals surface area (Å²) in [5.74, 6) is -1.30. The van der Waals surface area contributed by atoms with Gasteiger partial charge >= 0.3 is 5.97 Å². The van der Waals surface area contributed by atoms with Crippen molar-refractivity contribution in [1.29, 1.82) is 0 Å². The molecule has 0 aliphatic carbocycles. The minimum Gasteiger partial charge on any atom is -0.482 e. The van der Waals surface area contributed by atoms with E-state index in [1.54, 1.807) is 52.0 Å². The number of esters is 1. The van der Waals surface area contributed by atoms with Gasteiger partial charge in [-0.1, -0.05) is 12.1 Å². The van der Waals surface area contributed by atoms with Crippen LogP contribution in [0.3, 0.4) is 0 Å². The predicted molar refractivity (Wildman–Crippen MR) is 122 cm³/mol. The highest BCUT2D eigenvalue weighted by Crippen LogP contribution is 2.29. The molecule has 0 amide bonds. The molecule has 33 heavy (non-hydrogen) atoms. The first-order chi connectivity index (χ1) is 15.7. The fourth-order valence-corrected chi connectivity index (χ4v) is 3.72. The Hall–Kier alpha value is -3.28. The molecule has 0 spiro atoms. The second kappa shape index (κ2) is 10.6. The molecule has 0 saturated heterocycles. The van der Waals surface area contributed by atoms with Gasteiger partial charge in [0.1, 0.15) is 23.2 Å². The second-order valence-electron chi connectivity index (χ2n) is 8.25. The summed E-state index contributed by atoms with van der Waals surface area (Å²) >= 11 is 0. The zero-order chi connectivity index (χ0) is 24.1. The van der Waals surface area contributed by atoms with Gasteiger partial charge in [0.05, 0.1) is 6.10 Å². The van der Waals surface area contributed by atoms with E-state index in [-0.39, 0.29) is 37.2 Å². The summed E-state index contributed by atoms with van der Waals surface area (Å²) in [6, 6.07) is 12.2. The van der Waals surface area contributed by atoms with E-state index in [9.17, 15) is 18.0 Å². The van der Waals surface area contributed by atoms with Crippen LogP contribution in [0.15, 0.2) is 48.5 Å². The maximum absolute atomic E-state index is 14.8. The third-order valence-corrected chi connectivity index (χ3v) is 5.34. The van der Waals surface area contributed by atoms with Gasteiger partial charge in [-0.3, -0.25) is 0 Å². The Bertz CT molecular complexity index is 1160. The van der Waals surface area contributed by atoms with Crippen molar-refractivity contribution < 1.29 is 27.4 Å². The summed E-state index contributed by atoms with van der Waals surface area (Å²) in [5.41, 5.74) is 3.13. The quantitative estimate of drug-likeness (QED) is 0.363. The summed E-state index contributed by atoms with van der Waals surface area (Å²) in [5, 5.41) is 0. The smallest absolute Gasteiger partial charge is 0.344 e. The molecule has 6 heteroatoms. The highest BCUT2D eigenvalue weighted by atomic mass is 19.1. The molecule has 0 aromatic heterocycles. The lowest BCUT2D eigenvalue weighted by Gasteiger charge is -2.15. The van der Waals surface area contributed by atoms with Crippen LogP contribution in [0.25, 0.3) is 11.1 Å². The van der Waals surface area contributed by atoms with Crippen molar-refractivity contribution in [2.45, 2.75) is 46.6 Å². The van der Waals surface area contributed by atoms with Gasteiger partial charge in [-0.15, -0.1) is 0 Å². The van der Waals surface area contributed by atoms with Crippen LogP contribution in [0.4, 0.5) is 13.2 Å². The average Bonchev–Trinajstić information content (AvgIpc) is 2.75.